The largest absolute Gasteiger partial charge is 0.294 e. The maximum atomic E-state index is 11.7. The van der Waals surface area contributed by atoms with Crippen molar-refractivity contribution in [3.05, 3.63) is 23.8 Å². The summed E-state index contributed by atoms with van der Waals surface area (Å²) in [5.74, 6) is 0.507. The lowest BCUT2D eigenvalue weighted by molar-refractivity contribution is 0.0989. The molecule has 0 aliphatic carbocycles. The summed E-state index contributed by atoms with van der Waals surface area (Å²) in [5.41, 5.74) is 0.770. The molecule has 0 aromatic heterocycles. The maximum absolute atomic E-state index is 11.7. The van der Waals surface area contributed by atoms with E-state index in [2.05, 4.69) is 6.07 Å². The van der Waals surface area contributed by atoms with Crippen LogP contribution in [0.4, 0.5) is 0 Å². The van der Waals surface area contributed by atoms with E-state index >= 15 is 0 Å². The molecule has 1 aromatic rings. The summed E-state index contributed by atoms with van der Waals surface area (Å²) in [6, 6.07) is 5.95. The Labute approximate surface area is 104 Å². The molecule has 0 amide bonds. The molecule has 0 bridgehead atoms. The normalized spacial score (nSPS) is 10.3. The first-order valence-electron chi connectivity index (χ1n) is 4.53. The SMILES string of the molecule is CSc1cc(SC)cc(C(=O)CCCl)c1. The van der Waals surface area contributed by atoms with E-state index in [4.69, 9.17) is 11.6 Å². The zero-order chi connectivity index (χ0) is 11.3. The molecule has 0 saturated heterocycles. The Kier molecular flexibility index (Phi) is 5.58. The number of thioether (sulfide) groups is 2. The van der Waals surface area contributed by atoms with E-state index in [1.807, 2.05) is 24.6 Å². The second-order valence-corrected chi connectivity index (χ2v) is 5.10. The number of hydrogen-bond acceptors (Lipinski definition) is 3. The van der Waals surface area contributed by atoms with Crippen molar-refractivity contribution >= 4 is 40.9 Å². The number of carbonyl (C=O) groups excluding carboxylic acids is 1. The fourth-order valence-electron chi connectivity index (χ4n) is 1.20. The second kappa shape index (κ2) is 6.46. The predicted molar refractivity (Wildman–Crippen MR) is 69.7 cm³/mol. The third kappa shape index (κ3) is 3.74. The zero-order valence-corrected chi connectivity index (χ0v) is 11.1. The molecule has 82 valence electrons. The van der Waals surface area contributed by atoms with Crippen LogP contribution in [-0.4, -0.2) is 24.2 Å². The molecule has 1 rings (SSSR count). The summed E-state index contributed by atoms with van der Waals surface area (Å²) in [7, 11) is 0. The highest BCUT2D eigenvalue weighted by Gasteiger charge is 2.07. The first-order valence-corrected chi connectivity index (χ1v) is 7.52. The van der Waals surface area contributed by atoms with Gasteiger partial charge in [0.05, 0.1) is 0 Å². The molecule has 0 fully saturated rings. The lowest BCUT2D eigenvalue weighted by Gasteiger charge is -2.05. The van der Waals surface area contributed by atoms with Crippen LogP contribution in [0.15, 0.2) is 28.0 Å². The van der Waals surface area contributed by atoms with Gasteiger partial charge in [0.15, 0.2) is 5.78 Å². The number of hydrogen-bond donors (Lipinski definition) is 0. The highest BCUT2D eigenvalue weighted by molar-refractivity contribution is 7.99. The third-order valence-electron chi connectivity index (χ3n) is 1.99. The Morgan fingerprint density at radius 3 is 2.13 bits per heavy atom. The summed E-state index contributed by atoms with van der Waals surface area (Å²) >= 11 is 8.86. The van der Waals surface area contributed by atoms with Crippen molar-refractivity contribution in [1.29, 1.82) is 0 Å². The Hall–Kier alpha value is -0.120. The second-order valence-electron chi connectivity index (χ2n) is 2.96. The van der Waals surface area contributed by atoms with E-state index in [-0.39, 0.29) is 5.78 Å². The number of ketones is 1. The first-order chi connectivity index (χ1) is 7.21. The summed E-state index contributed by atoms with van der Waals surface area (Å²) < 4.78 is 0. The van der Waals surface area contributed by atoms with Gasteiger partial charge in [0, 0.05) is 27.7 Å². The van der Waals surface area contributed by atoms with Crippen LogP contribution in [0.1, 0.15) is 16.8 Å². The van der Waals surface area contributed by atoms with Crippen molar-refractivity contribution in [3.8, 4) is 0 Å². The number of Topliss-reactive ketones (excluding diaryl/α,β-unsaturated/α-hetero) is 1. The van der Waals surface area contributed by atoms with Crippen LogP contribution >= 0.6 is 35.1 Å². The zero-order valence-electron chi connectivity index (χ0n) is 8.75. The molecule has 1 nitrogen and oxygen atoms in total. The monoisotopic (exact) mass is 260 g/mol. The van der Waals surface area contributed by atoms with Crippen molar-refractivity contribution in [1.82, 2.24) is 0 Å². The van der Waals surface area contributed by atoms with Gasteiger partial charge in [-0.3, -0.25) is 4.79 Å². The van der Waals surface area contributed by atoms with E-state index in [0.717, 1.165) is 15.4 Å². The predicted octanol–water partition coefficient (Wildman–Crippen LogP) is 3.94. The van der Waals surface area contributed by atoms with Crippen molar-refractivity contribution in [3.63, 3.8) is 0 Å². The van der Waals surface area contributed by atoms with Crippen LogP contribution in [-0.2, 0) is 0 Å². The molecule has 15 heavy (non-hydrogen) atoms. The van der Waals surface area contributed by atoms with Crippen molar-refractivity contribution in [2.45, 2.75) is 16.2 Å². The van der Waals surface area contributed by atoms with Gasteiger partial charge < -0.3 is 0 Å². The van der Waals surface area contributed by atoms with Gasteiger partial charge in [-0.2, -0.15) is 0 Å². The van der Waals surface area contributed by atoms with Crippen molar-refractivity contribution < 1.29 is 4.79 Å². The van der Waals surface area contributed by atoms with Crippen LogP contribution in [0, 0.1) is 0 Å². The minimum absolute atomic E-state index is 0.121. The molecule has 0 atom stereocenters. The van der Waals surface area contributed by atoms with Crippen LogP contribution < -0.4 is 0 Å². The van der Waals surface area contributed by atoms with Gasteiger partial charge in [-0.25, -0.2) is 0 Å². The standard InChI is InChI=1S/C11H13ClOS2/c1-14-9-5-8(11(13)3-4-12)6-10(7-9)15-2/h5-7H,3-4H2,1-2H3. The summed E-state index contributed by atoms with van der Waals surface area (Å²) in [6.07, 6.45) is 4.43. The lowest BCUT2D eigenvalue weighted by Crippen LogP contribution is -2.00. The lowest BCUT2D eigenvalue weighted by atomic mass is 10.1. The Morgan fingerprint density at radius 2 is 1.73 bits per heavy atom. The van der Waals surface area contributed by atoms with E-state index in [9.17, 15) is 4.79 Å². The minimum atomic E-state index is 0.121. The molecule has 0 radical (unpaired) electrons. The van der Waals surface area contributed by atoms with Gasteiger partial charge in [-0.15, -0.1) is 35.1 Å². The van der Waals surface area contributed by atoms with Gasteiger partial charge in [-0.1, -0.05) is 0 Å². The van der Waals surface area contributed by atoms with Gasteiger partial charge in [-0.05, 0) is 30.7 Å². The van der Waals surface area contributed by atoms with Gasteiger partial charge in [0.1, 0.15) is 0 Å². The fourth-order valence-corrected chi connectivity index (χ4v) is 2.42. The summed E-state index contributed by atoms with van der Waals surface area (Å²) in [5, 5.41) is 0. The van der Waals surface area contributed by atoms with Crippen molar-refractivity contribution in [2.75, 3.05) is 18.4 Å². The maximum Gasteiger partial charge on any atom is 0.164 e. The minimum Gasteiger partial charge on any atom is -0.294 e. The molecule has 0 unspecified atom stereocenters. The van der Waals surface area contributed by atoms with Crippen LogP contribution in [0.5, 0.6) is 0 Å². The molecule has 0 N–H and O–H groups in total. The Balaban J connectivity index is 3.01. The van der Waals surface area contributed by atoms with Crippen LogP contribution in [0.2, 0.25) is 0 Å². The molecule has 1 aromatic carbocycles. The van der Waals surface area contributed by atoms with Crippen molar-refractivity contribution in [2.24, 2.45) is 0 Å². The molecular formula is C11H13ClOS2. The van der Waals surface area contributed by atoms with Crippen LogP contribution in [0.3, 0.4) is 0 Å². The topological polar surface area (TPSA) is 17.1 Å². The Morgan fingerprint density at radius 1 is 1.20 bits per heavy atom. The highest BCUT2D eigenvalue weighted by Crippen LogP contribution is 2.25. The number of rotatable bonds is 5. The smallest absolute Gasteiger partial charge is 0.164 e. The average Bonchev–Trinajstić information content (AvgIpc) is 2.28. The van der Waals surface area contributed by atoms with Crippen LogP contribution in [0.25, 0.3) is 0 Å². The van der Waals surface area contributed by atoms with E-state index in [1.165, 1.54) is 0 Å². The summed E-state index contributed by atoms with van der Waals surface area (Å²) in [4.78, 5) is 13.9. The molecule has 0 aliphatic rings. The average molecular weight is 261 g/mol. The van der Waals surface area contributed by atoms with Gasteiger partial charge >= 0.3 is 0 Å². The summed E-state index contributed by atoms with van der Waals surface area (Å²) in [6.45, 7) is 0. The molecule has 4 heteroatoms. The van der Waals surface area contributed by atoms with E-state index < -0.39 is 0 Å². The number of carbonyl (C=O) groups is 1. The molecule has 0 saturated carbocycles. The molecular weight excluding hydrogens is 248 g/mol. The molecule has 0 aliphatic heterocycles. The number of benzene rings is 1. The molecule has 0 heterocycles. The number of halogens is 1. The first kappa shape index (κ1) is 12.9. The number of alkyl halides is 1. The van der Waals surface area contributed by atoms with Gasteiger partial charge in [0.2, 0.25) is 0 Å². The fraction of sp³-hybridized carbons (Fsp3) is 0.364. The molecule has 0 spiro atoms. The Bertz CT molecular complexity index is 330. The van der Waals surface area contributed by atoms with Gasteiger partial charge in [0.25, 0.3) is 0 Å². The highest BCUT2D eigenvalue weighted by atomic mass is 35.5. The van der Waals surface area contributed by atoms with E-state index in [0.29, 0.717) is 12.3 Å². The quantitative estimate of drug-likeness (QED) is 0.453. The van der Waals surface area contributed by atoms with E-state index in [1.54, 1.807) is 23.5 Å². The third-order valence-corrected chi connectivity index (χ3v) is 3.60.